The molecule has 0 aromatic heterocycles. The van der Waals surface area contributed by atoms with Gasteiger partial charge in [0.25, 0.3) is 0 Å². The molecule has 0 fully saturated rings. The van der Waals surface area contributed by atoms with E-state index >= 15 is 0 Å². The second-order valence-corrected chi connectivity index (χ2v) is 6.80. The molecule has 0 saturated carbocycles. The molecule has 0 saturated heterocycles. The van der Waals surface area contributed by atoms with Crippen LogP contribution in [0.4, 0.5) is 0 Å². The standard InChI is InChI=1S/CH6O6P2.H3O4P/c2-8(3,4)1-9(5,6)7;1-5(2,3)4/h1H2,(H2,2,3,4)(H2,5,6,7);(H3,1,2,3,4). The number of hydrogen-bond acceptors (Lipinski definition) is 3. The second-order valence-electron chi connectivity index (χ2n) is 1.98. The van der Waals surface area contributed by atoms with Gasteiger partial charge in [0.2, 0.25) is 0 Å². The summed E-state index contributed by atoms with van der Waals surface area (Å²) < 4.78 is 28.6. The van der Waals surface area contributed by atoms with Crippen LogP contribution < -0.4 is 0 Å². The van der Waals surface area contributed by atoms with Gasteiger partial charge in [-0.05, 0) is 0 Å². The van der Waals surface area contributed by atoms with Crippen LogP contribution in [-0.4, -0.2) is 40.2 Å². The fourth-order valence-electron chi connectivity index (χ4n) is 0.240. The number of rotatable bonds is 2. The Morgan fingerprint density at radius 3 is 0.786 bits per heavy atom. The first-order valence-corrected chi connectivity index (χ1v) is 7.74. The molecular weight excluding hydrogens is 265 g/mol. The van der Waals surface area contributed by atoms with Crippen LogP contribution in [-0.2, 0) is 13.7 Å². The Hall–Kier alpha value is 0.410. The monoisotopic (exact) mass is 274 g/mol. The van der Waals surface area contributed by atoms with Crippen molar-refractivity contribution in [2.24, 2.45) is 0 Å². The molecule has 0 spiro atoms. The Labute approximate surface area is 77.8 Å². The molecule has 0 bridgehead atoms. The highest BCUT2D eigenvalue weighted by atomic mass is 31.2. The molecule has 10 nitrogen and oxygen atoms in total. The zero-order valence-electron chi connectivity index (χ0n) is 6.40. The van der Waals surface area contributed by atoms with Crippen LogP contribution in [0.5, 0.6) is 0 Å². The lowest BCUT2D eigenvalue weighted by Gasteiger charge is -2.03. The molecule has 0 aliphatic carbocycles. The fraction of sp³-hybridized carbons (Fsp3) is 1.00. The third-order valence-electron chi connectivity index (χ3n) is 0.368. The van der Waals surface area contributed by atoms with Gasteiger partial charge in [0.1, 0.15) is 0 Å². The van der Waals surface area contributed by atoms with E-state index in [1.165, 1.54) is 0 Å². The van der Waals surface area contributed by atoms with Crippen LogP contribution in [0.2, 0.25) is 0 Å². The van der Waals surface area contributed by atoms with Crippen LogP contribution in [0, 0.1) is 0 Å². The SMILES string of the molecule is O=P(O)(O)CP(=O)(O)O.O=P(O)(O)O. The van der Waals surface area contributed by atoms with Crippen molar-refractivity contribution in [2.75, 3.05) is 5.90 Å². The van der Waals surface area contributed by atoms with Crippen molar-refractivity contribution < 1.29 is 47.9 Å². The van der Waals surface area contributed by atoms with Gasteiger partial charge in [-0.25, -0.2) is 4.57 Å². The first kappa shape index (κ1) is 16.8. The first-order valence-electron chi connectivity index (χ1n) is 2.58. The zero-order valence-corrected chi connectivity index (χ0v) is 9.09. The van der Waals surface area contributed by atoms with E-state index in [1.807, 2.05) is 0 Å². The van der Waals surface area contributed by atoms with Gasteiger partial charge in [-0.1, -0.05) is 0 Å². The summed E-state index contributed by atoms with van der Waals surface area (Å²) in [6, 6.07) is 0. The fourth-order valence-corrected chi connectivity index (χ4v) is 2.16. The van der Waals surface area contributed by atoms with Crippen LogP contribution in [0.25, 0.3) is 0 Å². The Bertz CT molecular complexity index is 258. The van der Waals surface area contributed by atoms with Gasteiger partial charge in [-0.15, -0.1) is 0 Å². The highest BCUT2D eigenvalue weighted by Gasteiger charge is 2.26. The maximum atomic E-state index is 9.85. The van der Waals surface area contributed by atoms with Gasteiger partial charge in [0, 0.05) is 0 Å². The van der Waals surface area contributed by atoms with E-state index in [0.717, 1.165) is 0 Å². The molecule has 0 aromatic rings. The van der Waals surface area contributed by atoms with E-state index in [1.54, 1.807) is 0 Å². The average Bonchev–Trinajstić information content (AvgIpc) is 1.42. The van der Waals surface area contributed by atoms with E-state index < -0.39 is 28.9 Å². The van der Waals surface area contributed by atoms with Gasteiger partial charge in [-0.3, -0.25) is 9.13 Å². The number of hydrogen-bond donors (Lipinski definition) is 7. The van der Waals surface area contributed by atoms with Gasteiger partial charge in [-0.2, -0.15) is 0 Å². The molecule has 13 heteroatoms. The van der Waals surface area contributed by atoms with Crippen molar-refractivity contribution in [3.63, 3.8) is 0 Å². The Morgan fingerprint density at radius 1 is 0.643 bits per heavy atom. The molecule has 0 heterocycles. The van der Waals surface area contributed by atoms with Crippen LogP contribution in [0.15, 0.2) is 0 Å². The van der Waals surface area contributed by atoms with E-state index in [9.17, 15) is 9.13 Å². The molecule has 7 N–H and O–H groups in total. The summed E-state index contributed by atoms with van der Waals surface area (Å²) in [7, 11) is -13.7. The van der Waals surface area contributed by atoms with Crippen molar-refractivity contribution >= 4 is 23.0 Å². The lowest BCUT2D eigenvalue weighted by Crippen LogP contribution is -1.88. The quantitative estimate of drug-likeness (QED) is 0.287. The molecule has 0 aliphatic rings. The first-order chi connectivity index (χ1) is 5.71. The van der Waals surface area contributed by atoms with Crippen molar-refractivity contribution in [1.29, 1.82) is 0 Å². The predicted molar refractivity (Wildman–Crippen MR) is 43.2 cm³/mol. The maximum absolute atomic E-state index is 9.85. The molecule has 0 radical (unpaired) electrons. The topological polar surface area (TPSA) is 193 Å². The lowest BCUT2D eigenvalue weighted by atomic mass is 11.9. The molecule has 0 rings (SSSR count). The van der Waals surface area contributed by atoms with Gasteiger partial charge < -0.3 is 34.3 Å². The second kappa shape index (κ2) is 5.48. The summed E-state index contributed by atoms with van der Waals surface area (Å²) in [6.45, 7) is 0. The highest BCUT2D eigenvalue weighted by molar-refractivity contribution is 7.69. The predicted octanol–water partition coefficient (Wildman–Crippen LogP) is -1.63. The summed E-state index contributed by atoms with van der Waals surface area (Å²) in [5.41, 5.74) is 0. The zero-order chi connectivity index (χ0) is 12.2. The lowest BCUT2D eigenvalue weighted by molar-refractivity contribution is 0.275. The molecule has 0 aromatic carbocycles. The van der Waals surface area contributed by atoms with Crippen molar-refractivity contribution in [3.8, 4) is 0 Å². The van der Waals surface area contributed by atoms with E-state index in [4.69, 9.17) is 38.8 Å². The van der Waals surface area contributed by atoms with Crippen LogP contribution >= 0.6 is 23.0 Å². The third kappa shape index (κ3) is 39.3. The minimum Gasteiger partial charge on any atom is -0.324 e. The normalized spacial score (nSPS) is 13.1. The molecule has 0 atom stereocenters. The molecule has 0 aliphatic heterocycles. The Morgan fingerprint density at radius 2 is 0.786 bits per heavy atom. The Balaban J connectivity index is 0. The van der Waals surface area contributed by atoms with Gasteiger partial charge >= 0.3 is 23.0 Å². The molecular formula is CH9O10P3. The van der Waals surface area contributed by atoms with Crippen molar-refractivity contribution in [2.45, 2.75) is 0 Å². The van der Waals surface area contributed by atoms with E-state index in [0.29, 0.717) is 0 Å². The van der Waals surface area contributed by atoms with Gasteiger partial charge in [0.15, 0.2) is 5.90 Å². The van der Waals surface area contributed by atoms with E-state index in [2.05, 4.69) is 0 Å². The molecule has 0 unspecified atom stereocenters. The van der Waals surface area contributed by atoms with Crippen molar-refractivity contribution in [1.82, 2.24) is 0 Å². The summed E-state index contributed by atoms with van der Waals surface area (Å²) in [5.74, 6) is -1.38. The average molecular weight is 274 g/mol. The largest absolute Gasteiger partial charge is 0.466 e. The maximum Gasteiger partial charge on any atom is 0.466 e. The highest BCUT2D eigenvalue weighted by Crippen LogP contribution is 2.51. The third-order valence-corrected chi connectivity index (χ3v) is 3.32. The Kier molecular flexibility index (Phi) is 6.59. The summed E-state index contributed by atoms with van der Waals surface area (Å²) in [4.78, 5) is 53.5. The van der Waals surface area contributed by atoms with E-state index in [-0.39, 0.29) is 0 Å². The minimum absolute atomic E-state index is 1.38. The molecule has 0 amide bonds. The summed E-state index contributed by atoms with van der Waals surface area (Å²) in [6.07, 6.45) is 0. The summed E-state index contributed by atoms with van der Waals surface area (Å²) in [5, 5.41) is 0. The van der Waals surface area contributed by atoms with Crippen LogP contribution in [0.1, 0.15) is 0 Å². The van der Waals surface area contributed by atoms with Crippen molar-refractivity contribution in [3.05, 3.63) is 0 Å². The molecule has 88 valence electrons. The van der Waals surface area contributed by atoms with Crippen LogP contribution in [0.3, 0.4) is 0 Å². The van der Waals surface area contributed by atoms with Gasteiger partial charge in [0.05, 0.1) is 0 Å². The number of phosphoric acid groups is 1. The minimum atomic E-state index is -4.64. The smallest absolute Gasteiger partial charge is 0.324 e. The molecule has 14 heavy (non-hydrogen) atoms. The summed E-state index contributed by atoms with van der Waals surface area (Å²) >= 11 is 0.